The molecule has 2 aromatic heterocycles. The standard InChI is InChI=1S/C15H14ClN7/c16-9-3-4-10-13(6-9)20-8-21-15(10)19-5-1-2-12-11(7-17)14(18)23-22-12/h3-4,6,8H,1-2,5H2,(H3,18,22,23)(H,19,20,21). The van der Waals surface area contributed by atoms with Gasteiger partial charge in [0.25, 0.3) is 0 Å². The summed E-state index contributed by atoms with van der Waals surface area (Å²) in [5.41, 5.74) is 7.59. The fourth-order valence-corrected chi connectivity index (χ4v) is 2.51. The van der Waals surface area contributed by atoms with Gasteiger partial charge in [0.2, 0.25) is 0 Å². The summed E-state index contributed by atoms with van der Waals surface area (Å²) in [7, 11) is 0. The van der Waals surface area contributed by atoms with Gasteiger partial charge < -0.3 is 11.1 Å². The number of fused-ring (bicyclic) bond motifs is 1. The molecule has 0 aliphatic carbocycles. The first-order valence-electron chi connectivity index (χ1n) is 7.06. The molecule has 0 saturated carbocycles. The summed E-state index contributed by atoms with van der Waals surface area (Å²) in [4.78, 5) is 8.47. The van der Waals surface area contributed by atoms with E-state index in [-0.39, 0.29) is 5.82 Å². The second-order valence-electron chi connectivity index (χ2n) is 4.99. The first kappa shape index (κ1) is 15.1. The molecule has 0 radical (unpaired) electrons. The highest BCUT2D eigenvalue weighted by Gasteiger charge is 2.09. The lowest BCUT2D eigenvalue weighted by molar-refractivity contribution is 0.823. The number of nitriles is 1. The number of rotatable bonds is 5. The number of nitrogens with zero attached hydrogens (tertiary/aromatic N) is 4. The molecule has 0 unspecified atom stereocenters. The van der Waals surface area contributed by atoms with Crippen LogP contribution in [0, 0.1) is 11.3 Å². The summed E-state index contributed by atoms with van der Waals surface area (Å²) in [6.45, 7) is 0.693. The van der Waals surface area contributed by atoms with Gasteiger partial charge >= 0.3 is 0 Å². The maximum Gasteiger partial charge on any atom is 0.163 e. The highest BCUT2D eigenvalue weighted by atomic mass is 35.5. The normalized spacial score (nSPS) is 10.6. The van der Waals surface area contributed by atoms with E-state index in [4.69, 9.17) is 22.6 Å². The van der Waals surface area contributed by atoms with E-state index in [0.29, 0.717) is 23.6 Å². The molecule has 0 amide bonds. The molecule has 116 valence electrons. The lowest BCUT2D eigenvalue weighted by Gasteiger charge is -2.08. The maximum atomic E-state index is 9.03. The Morgan fingerprint density at radius 2 is 2.22 bits per heavy atom. The third-order valence-electron chi connectivity index (χ3n) is 3.48. The molecule has 4 N–H and O–H groups in total. The SMILES string of the molecule is N#Cc1c(N)n[nH]c1CCCNc1ncnc2cc(Cl)ccc12. The molecule has 2 heterocycles. The number of aromatic nitrogens is 4. The van der Waals surface area contributed by atoms with Crippen molar-refractivity contribution in [3.63, 3.8) is 0 Å². The average Bonchev–Trinajstić information content (AvgIpc) is 2.91. The number of aryl methyl sites for hydroxylation is 1. The number of anilines is 2. The largest absolute Gasteiger partial charge is 0.381 e. The molecular formula is C15H14ClN7. The summed E-state index contributed by atoms with van der Waals surface area (Å²) in [5.74, 6) is 1.01. The van der Waals surface area contributed by atoms with Gasteiger partial charge in [0, 0.05) is 17.0 Å². The lowest BCUT2D eigenvalue weighted by Crippen LogP contribution is -2.06. The van der Waals surface area contributed by atoms with Crippen molar-refractivity contribution in [1.82, 2.24) is 20.2 Å². The van der Waals surface area contributed by atoms with Crippen molar-refractivity contribution in [2.75, 3.05) is 17.6 Å². The Kier molecular flexibility index (Phi) is 4.26. The molecule has 1 aromatic carbocycles. The molecule has 23 heavy (non-hydrogen) atoms. The number of nitrogens with one attached hydrogen (secondary N) is 2. The second-order valence-corrected chi connectivity index (χ2v) is 5.42. The molecular weight excluding hydrogens is 314 g/mol. The van der Waals surface area contributed by atoms with Crippen LogP contribution in [0.1, 0.15) is 17.7 Å². The highest BCUT2D eigenvalue weighted by Crippen LogP contribution is 2.22. The van der Waals surface area contributed by atoms with Gasteiger partial charge in [0.05, 0.1) is 11.2 Å². The third-order valence-corrected chi connectivity index (χ3v) is 3.71. The number of nitrogen functional groups attached to an aromatic ring is 1. The topological polar surface area (TPSA) is 116 Å². The van der Waals surface area contributed by atoms with Crippen LogP contribution in [-0.2, 0) is 6.42 Å². The van der Waals surface area contributed by atoms with Gasteiger partial charge in [0.15, 0.2) is 5.82 Å². The molecule has 3 rings (SSSR count). The van der Waals surface area contributed by atoms with E-state index in [0.717, 1.165) is 28.8 Å². The van der Waals surface area contributed by atoms with Crippen LogP contribution in [0.15, 0.2) is 24.5 Å². The number of aromatic amines is 1. The minimum Gasteiger partial charge on any atom is -0.381 e. The molecule has 8 heteroatoms. The molecule has 0 bridgehead atoms. The van der Waals surface area contributed by atoms with Crippen LogP contribution in [-0.4, -0.2) is 26.7 Å². The first-order valence-corrected chi connectivity index (χ1v) is 7.44. The summed E-state index contributed by atoms with van der Waals surface area (Å²) < 4.78 is 0. The average molecular weight is 328 g/mol. The van der Waals surface area contributed by atoms with Crippen molar-refractivity contribution >= 4 is 34.1 Å². The Morgan fingerprint density at radius 3 is 3.04 bits per heavy atom. The van der Waals surface area contributed by atoms with Gasteiger partial charge in [-0.2, -0.15) is 10.4 Å². The van der Waals surface area contributed by atoms with Gasteiger partial charge in [-0.1, -0.05) is 11.6 Å². The Morgan fingerprint density at radius 1 is 1.35 bits per heavy atom. The van der Waals surface area contributed by atoms with E-state index in [9.17, 15) is 0 Å². The number of halogens is 1. The predicted octanol–water partition coefficient (Wildman–Crippen LogP) is 2.50. The monoisotopic (exact) mass is 327 g/mol. The molecule has 0 aliphatic heterocycles. The summed E-state index contributed by atoms with van der Waals surface area (Å²) in [6, 6.07) is 7.56. The fraction of sp³-hybridized carbons (Fsp3) is 0.200. The number of hydrogen-bond donors (Lipinski definition) is 3. The minimum atomic E-state index is 0.245. The fourth-order valence-electron chi connectivity index (χ4n) is 2.34. The Labute approximate surface area is 137 Å². The Hall–Kier alpha value is -2.85. The second kappa shape index (κ2) is 6.50. The van der Waals surface area contributed by atoms with Crippen molar-refractivity contribution in [2.24, 2.45) is 0 Å². The zero-order valence-corrected chi connectivity index (χ0v) is 12.9. The Bertz CT molecular complexity index is 881. The van der Waals surface area contributed by atoms with Crippen LogP contribution in [0.2, 0.25) is 5.02 Å². The van der Waals surface area contributed by atoms with Gasteiger partial charge in [-0.25, -0.2) is 9.97 Å². The van der Waals surface area contributed by atoms with Crippen LogP contribution < -0.4 is 11.1 Å². The van der Waals surface area contributed by atoms with Gasteiger partial charge in [-0.3, -0.25) is 5.10 Å². The zero-order valence-electron chi connectivity index (χ0n) is 12.2. The number of H-pyrrole nitrogens is 1. The summed E-state index contributed by atoms with van der Waals surface area (Å²) in [6.07, 6.45) is 2.98. The first-order chi connectivity index (χ1) is 11.2. The zero-order chi connectivity index (χ0) is 16.2. The molecule has 0 aliphatic rings. The van der Waals surface area contributed by atoms with E-state index in [1.165, 1.54) is 6.33 Å². The molecule has 7 nitrogen and oxygen atoms in total. The molecule has 0 saturated heterocycles. The van der Waals surface area contributed by atoms with Gasteiger partial charge in [-0.15, -0.1) is 0 Å². The van der Waals surface area contributed by atoms with Crippen molar-refractivity contribution in [1.29, 1.82) is 5.26 Å². The van der Waals surface area contributed by atoms with E-state index in [1.807, 2.05) is 12.1 Å². The highest BCUT2D eigenvalue weighted by molar-refractivity contribution is 6.31. The van der Waals surface area contributed by atoms with Crippen LogP contribution in [0.25, 0.3) is 10.9 Å². The molecule has 0 spiro atoms. The van der Waals surface area contributed by atoms with Crippen molar-refractivity contribution in [3.8, 4) is 6.07 Å². The number of benzene rings is 1. The molecule has 0 fully saturated rings. The van der Waals surface area contributed by atoms with E-state index < -0.39 is 0 Å². The van der Waals surface area contributed by atoms with E-state index in [2.05, 4.69) is 31.6 Å². The summed E-state index contributed by atoms with van der Waals surface area (Å²) in [5, 5.41) is 20.5. The summed E-state index contributed by atoms with van der Waals surface area (Å²) >= 11 is 5.97. The van der Waals surface area contributed by atoms with Crippen LogP contribution in [0.4, 0.5) is 11.6 Å². The Balaban J connectivity index is 1.64. The maximum absolute atomic E-state index is 9.03. The van der Waals surface area contributed by atoms with Crippen LogP contribution >= 0.6 is 11.6 Å². The number of hydrogen-bond acceptors (Lipinski definition) is 6. The van der Waals surface area contributed by atoms with E-state index in [1.54, 1.807) is 6.07 Å². The molecule has 3 aromatic rings. The van der Waals surface area contributed by atoms with Gasteiger partial charge in [-0.05, 0) is 31.0 Å². The smallest absolute Gasteiger partial charge is 0.163 e. The lowest BCUT2D eigenvalue weighted by atomic mass is 10.1. The van der Waals surface area contributed by atoms with E-state index >= 15 is 0 Å². The van der Waals surface area contributed by atoms with Crippen LogP contribution in [0.3, 0.4) is 0 Å². The quantitative estimate of drug-likeness (QED) is 0.620. The molecule has 0 atom stereocenters. The predicted molar refractivity (Wildman–Crippen MR) is 89.1 cm³/mol. The van der Waals surface area contributed by atoms with Crippen molar-refractivity contribution in [2.45, 2.75) is 12.8 Å². The van der Waals surface area contributed by atoms with Crippen molar-refractivity contribution in [3.05, 3.63) is 40.8 Å². The van der Waals surface area contributed by atoms with Crippen LogP contribution in [0.5, 0.6) is 0 Å². The van der Waals surface area contributed by atoms with Gasteiger partial charge in [0.1, 0.15) is 23.8 Å². The number of nitrogens with two attached hydrogens (primary N) is 1. The third kappa shape index (κ3) is 3.17. The minimum absolute atomic E-state index is 0.245. The van der Waals surface area contributed by atoms with Crippen molar-refractivity contribution < 1.29 is 0 Å².